The molecule has 0 unspecified atom stereocenters. The van der Waals surface area contributed by atoms with E-state index in [9.17, 15) is 0 Å². The zero-order chi connectivity index (χ0) is 15.4. The summed E-state index contributed by atoms with van der Waals surface area (Å²) in [6.07, 6.45) is 0. The molecule has 3 aromatic rings. The summed E-state index contributed by atoms with van der Waals surface area (Å²) in [4.78, 5) is 0. The van der Waals surface area contributed by atoms with Gasteiger partial charge in [0.1, 0.15) is 5.82 Å². The fraction of sp³-hybridized carbons (Fsp3) is 0.222. The van der Waals surface area contributed by atoms with Crippen LogP contribution in [0.15, 0.2) is 65.8 Å². The van der Waals surface area contributed by atoms with Crippen LogP contribution in [0.5, 0.6) is 0 Å². The minimum atomic E-state index is 0.332. The predicted molar refractivity (Wildman–Crippen MR) is 91.5 cm³/mol. The smallest absolute Gasteiger partial charge is 0.196 e. The molecule has 0 aliphatic heterocycles. The molecule has 1 heterocycles. The number of aromatic nitrogens is 3. The van der Waals surface area contributed by atoms with Crippen LogP contribution in [-0.2, 0) is 5.75 Å². The van der Waals surface area contributed by atoms with Crippen molar-refractivity contribution in [2.75, 3.05) is 0 Å². The maximum atomic E-state index is 4.40. The van der Waals surface area contributed by atoms with Gasteiger partial charge in [0.15, 0.2) is 5.16 Å². The minimum absolute atomic E-state index is 0.332. The van der Waals surface area contributed by atoms with Crippen molar-refractivity contribution in [2.45, 2.75) is 30.7 Å². The Hall–Kier alpha value is -2.07. The molecule has 22 heavy (non-hydrogen) atoms. The topological polar surface area (TPSA) is 30.7 Å². The van der Waals surface area contributed by atoms with E-state index in [2.05, 4.69) is 65.0 Å². The number of thioether (sulfide) groups is 1. The Balaban J connectivity index is 1.91. The zero-order valence-electron chi connectivity index (χ0n) is 12.8. The van der Waals surface area contributed by atoms with E-state index < -0.39 is 0 Å². The van der Waals surface area contributed by atoms with Crippen LogP contribution in [0.25, 0.3) is 5.69 Å². The molecule has 0 saturated carbocycles. The second-order valence-electron chi connectivity index (χ2n) is 5.44. The van der Waals surface area contributed by atoms with Crippen LogP contribution in [0.1, 0.15) is 31.2 Å². The van der Waals surface area contributed by atoms with E-state index in [1.165, 1.54) is 5.56 Å². The van der Waals surface area contributed by atoms with Crippen molar-refractivity contribution >= 4 is 11.8 Å². The van der Waals surface area contributed by atoms with Crippen LogP contribution in [0.2, 0.25) is 0 Å². The molecule has 0 saturated heterocycles. The van der Waals surface area contributed by atoms with Gasteiger partial charge in [-0.3, -0.25) is 4.57 Å². The molecule has 2 aromatic carbocycles. The fourth-order valence-corrected chi connectivity index (χ4v) is 3.21. The molecule has 1 aromatic heterocycles. The summed E-state index contributed by atoms with van der Waals surface area (Å²) >= 11 is 1.72. The van der Waals surface area contributed by atoms with E-state index in [0.717, 1.165) is 22.4 Å². The number of nitrogens with zero attached hydrogens (tertiary/aromatic N) is 3. The van der Waals surface area contributed by atoms with Gasteiger partial charge in [0.2, 0.25) is 0 Å². The van der Waals surface area contributed by atoms with E-state index >= 15 is 0 Å². The molecule has 0 atom stereocenters. The third kappa shape index (κ3) is 3.22. The number of para-hydroxylation sites is 1. The first kappa shape index (κ1) is 14.9. The molecular formula is C18H19N3S. The van der Waals surface area contributed by atoms with Gasteiger partial charge < -0.3 is 0 Å². The van der Waals surface area contributed by atoms with E-state index in [1.54, 1.807) is 11.8 Å². The van der Waals surface area contributed by atoms with Crippen molar-refractivity contribution in [3.05, 3.63) is 72.1 Å². The first-order valence-electron chi connectivity index (χ1n) is 7.43. The first-order valence-corrected chi connectivity index (χ1v) is 8.41. The van der Waals surface area contributed by atoms with Crippen molar-refractivity contribution in [3.63, 3.8) is 0 Å². The summed E-state index contributed by atoms with van der Waals surface area (Å²) in [5, 5.41) is 9.74. The van der Waals surface area contributed by atoms with Crippen molar-refractivity contribution in [1.82, 2.24) is 14.8 Å². The highest BCUT2D eigenvalue weighted by molar-refractivity contribution is 7.98. The molecular weight excluding hydrogens is 290 g/mol. The zero-order valence-corrected chi connectivity index (χ0v) is 13.6. The van der Waals surface area contributed by atoms with Gasteiger partial charge in [-0.05, 0) is 17.7 Å². The lowest BCUT2D eigenvalue weighted by Crippen LogP contribution is -2.04. The average molecular weight is 309 g/mol. The Morgan fingerprint density at radius 1 is 0.909 bits per heavy atom. The Labute approximate surface area is 135 Å². The summed E-state index contributed by atoms with van der Waals surface area (Å²) in [7, 11) is 0. The van der Waals surface area contributed by atoms with Gasteiger partial charge in [0.25, 0.3) is 0 Å². The SMILES string of the molecule is CC(C)c1nnc(SCc2ccccc2)n1-c1ccccc1. The van der Waals surface area contributed by atoms with Crippen molar-refractivity contribution in [2.24, 2.45) is 0 Å². The van der Waals surface area contributed by atoms with Crippen LogP contribution in [-0.4, -0.2) is 14.8 Å². The van der Waals surface area contributed by atoms with Crippen LogP contribution < -0.4 is 0 Å². The summed E-state index contributed by atoms with van der Waals surface area (Å²) in [5.41, 5.74) is 2.41. The fourth-order valence-electron chi connectivity index (χ4n) is 2.29. The molecule has 0 aliphatic carbocycles. The van der Waals surface area contributed by atoms with Gasteiger partial charge in [-0.15, -0.1) is 10.2 Å². The molecule has 0 bridgehead atoms. The van der Waals surface area contributed by atoms with Crippen molar-refractivity contribution in [1.29, 1.82) is 0 Å². The summed E-state index contributed by atoms with van der Waals surface area (Å²) in [5.74, 6) is 2.23. The molecule has 112 valence electrons. The van der Waals surface area contributed by atoms with E-state index in [1.807, 2.05) is 24.3 Å². The molecule has 0 radical (unpaired) electrons. The first-order chi connectivity index (χ1) is 10.8. The molecule has 3 nitrogen and oxygen atoms in total. The summed E-state index contributed by atoms with van der Waals surface area (Å²) in [6, 6.07) is 20.8. The second kappa shape index (κ2) is 6.79. The second-order valence-corrected chi connectivity index (χ2v) is 6.38. The van der Waals surface area contributed by atoms with Gasteiger partial charge in [-0.1, -0.05) is 74.1 Å². The number of rotatable bonds is 5. The number of benzene rings is 2. The van der Waals surface area contributed by atoms with Crippen LogP contribution >= 0.6 is 11.8 Å². The van der Waals surface area contributed by atoms with Gasteiger partial charge >= 0.3 is 0 Å². The lowest BCUT2D eigenvalue weighted by Gasteiger charge is -2.11. The van der Waals surface area contributed by atoms with Crippen molar-refractivity contribution < 1.29 is 0 Å². The molecule has 0 N–H and O–H groups in total. The molecule has 0 spiro atoms. The molecule has 3 rings (SSSR count). The quantitative estimate of drug-likeness (QED) is 0.641. The average Bonchev–Trinajstić information content (AvgIpc) is 2.99. The van der Waals surface area contributed by atoms with Crippen LogP contribution in [0, 0.1) is 0 Å². The monoisotopic (exact) mass is 309 g/mol. The van der Waals surface area contributed by atoms with Crippen LogP contribution in [0.3, 0.4) is 0 Å². The van der Waals surface area contributed by atoms with Crippen molar-refractivity contribution in [3.8, 4) is 5.69 Å². The Kier molecular flexibility index (Phi) is 4.59. The Bertz CT molecular complexity index is 721. The summed E-state index contributed by atoms with van der Waals surface area (Å²) in [6.45, 7) is 4.30. The minimum Gasteiger partial charge on any atom is -0.274 e. The maximum Gasteiger partial charge on any atom is 0.196 e. The van der Waals surface area contributed by atoms with Gasteiger partial charge in [0.05, 0.1) is 0 Å². The molecule has 0 amide bonds. The number of hydrogen-bond acceptors (Lipinski definition) is 3. The third-order valence-corrected chi connectivity index (χ3v) is 4.40. The number of hydrogen-bond donors (Lipinski definition) is 0. The normalized spacial score (nSPS) is 11.0. The Morgan fingerprint density at radius 3 is 2.18 bits per heavy atom. The van der Waals surface area contributed by atoms with E-state index in [-0.39, 0.29) is 0 Å². The van der Waals surface area contributed by atoms with Gasteiger partial charge in [-0.25, -0.2) is 0 Å². The molecule has 0 fully saturated rings. The summed E-state index contributed by atoms with van der Waals surface area (Å²) < 4.78 is 2.16. The predicted octanol–water partition coefficient (Wildman–Crippen LogP) is 4.68. The van der Waals surface area contributed by atoms with Gasteiger partial charge in [-0.2, -0.15) is 0 Å². The third-order valence-electron chi connectivity index (χ3n) is 3.40. The highest BCUT2D eigenvalue weighted by Gasteiger charge is 2.16. The largest absolute Gasteiger partial charge is 0.274 e. The standard InChI is InChI=1S/C18H19N3S/c1-14(2)17-19-20-18(21(17)16-11-7-4-8-12-16)22-13-15-9-5-3-6-10-15/h3-12,14H,13H2,1-2H3. The Morgan fingerprint density at radius 2 is 1.55 bits per heavy atom. The van der Waals surface area contributed by atoms with Crippen LogP contribution in [0.4, 0.5) is 0 Å². The lowest BCUT2D eigenvalue weighted by atomic mass is 10.2. The van der Waals surface area contributed by atoms with E-state index in [0.29, 0.717) is 5.92 Å². The van der Waals surface area contributed by atoms with Gasteiger partial charge in [0, 0.05) is 17.4 Å². The highest BCUT2D eigenvalue weighted by Crippen LogP contribution is 2.27. The molecule has 0 aliphatic rings. The maximum absolute atomic E-state index is 4.40. The highest BCUT2D eigenvalue weighted by atomic mass is 32.2. The van der Waals surface area contributed by atoms with E-state index in [4.69, 9.17) is 0 Å². The molecule has 4 heteroatoms. The lowest BCUT2D eigenvalue weighted by molar-refractivity contribution is 0.732.